The molecule has 0 radical (unpaired) electrons. The fourth-order valence-corrected chi connectivity index (χ4v) is 4.42. The predicted octanol–water partition coefficient (Wildman–Crippen LogP) is 1.20. The Balaban J connectivity index is 2.19. The molecule has 108 valence electrons. The molecule has 1 aromatic rings. The van der Waals surface area contributed by atoms with Gasteiger partial charge in [0.1, 0.15) is 0 Å². The quantitative estimate of drug-likeness (QED) is 0.903. The van der Waals surface area contributed by atoms with Gasteiger partial charge >= 0.3 is 0 Å². The van der Waals surface area contributed by atoms with E-state index in [4.69, 9.17) is 11.0 Å². The minimum Gasteiger partial charge on any atom is -0.329 e. The summed E-state index contributed by atoms with van der Waals surface area (Å²) < 4.78 is 26.6. The van der Waals surface area contributed by atoms with Crippen molar-refractivity contribution in [2.24, 2.45) is 5.73 Å². The lowest BCUT2D eigenvalue weighted by Gasteiger charge is -2.33. The number of nitrogens with two attached hydrogens (primary N) is 1. The molecule has 0 amide bonds. The Morgan fingerprint density at radius 3 is 2.90 bits per heavy atom. The van der Waals surface area contributed by atoms with Crippen LogP contribution in [0.3, 0.4) is 0 Å². The zero-order valence-corrected chi connectivity index (χ0v) is 12.1. The molecule has 1 aliphatic rings. The van der Waals surface area contributed by atoms with Crippen LogP contribution in [0.1, 0.15) is 30.4 Å². The summed E-state index contributed by atoms with van der Waals surface area (Å²) in [5, 5.41) is 8.86. The molecule has 1 heterocycles. The number of sulfonamides is 1. The molecular formula is C14H19N3O2S. The number of hydrogen-bond acceptors (Lipinski definition) is 4. The Morgan fingerprint density at radius 2 is 2.20 bits per heavy atom. The van der Waals surface area contributed by atoms with Gasteiger partial charge < -0.3 is 5.73 Å². The minimum atomic E-state index is -3.38. The van der Waals surface area contributed by atoms with Crippen LogP contribution in [0.2, 0.25) is 0 Å². The van der Waals surface area contributed by atoms with Crippen molar-refractivity contribution >= 4 is 10.0 Å². The lowest BCUT2D eigenvalue weighted by Crippen LogP contribution is -2.47. The Hall–Kier alpha value is -1.42. The molecule has 1 saturated heterocycles. The molecular weight excluding hydrogens is 274 g/mol. The van der Waals surface area contributed by atoms with Crippen LogP contribution in [0, 0.1) is 11.3 Å². The predicted molar refractivity (Wildman–Crippen MR) is 77.2 cm³/mol. The lowest BCUT2D eigenvalue weighted by molar-refractivity contribution is 0.257. The average Bonchev–Trinajstić information content (AvgIpc) is 2.47. The van der Waals surface area contributed by atoms with E-state index in [2.05, 4.69) is 0 Å². The zero-order valence-electron chi connectivity index (χ0n) is 11.3. The average molecular weight is 293 g/mol. The van der Waals surface area contributed by atoms with Crippen LogP contribution in [-0.2, 0) is 15.8 Å². The van der Waals surface area contributed by atoms with Gasteiger partial charge in [0.2, 0.25) is 10.0 Å². The van der Waals surface area contributed by atoms with Crippen LogP contribution in [-0.4, -0.2) is 31.9 Å². The third-order valence-corrected chi connectivity index (χ3v) is 5.50. The first-order valence-corrected chi connectivity index (χ1v) is 8.36. The third kappa shape index (κ3) is 3.37. The number of piperidine rings is 1. The van der Waals surface area contributed by atoms with E-state index in [-0.39, 0.29) is 11.8 Å². The molecule has 20 heavy (non-hydrogen) atoms. The fourth-order valence-electron chi connectivity index (χ4n) is 2.60. The molecule has 1 aromatic carbocycles. The van der Waals surface area contributed by atoms with E-state index < -0.39 is 10.0 Å². The highest BCUT2D eigenvalue weighted by molar-refractivity contribution is 7.88. The van der Waals surface area contributed by atoms with Gasteiger partial charge in [-0.15, -0.1) is 0 Å². The smallest absolute Gasteiger partial charge is 0.218 e. The van der Waals surface area contributed by atoms with Crippen molar-refractivity contribution in [1.29, 1.82) is 5.26 Å². The summed E-state index contributed by atoms with van der Waals surface area (Å²) in [6.45, 7) is 0.902. The van der Waals surface area contributed by atoms with Crippen LogP contribution in [0.4, 0.5) is 0 Å². The molecule has 1 fully saturated rings. The van der Waals surface area contributed by atoms with Gasteiger partial charge in [-0.2, -0.15) is 9.57 Å². The van der Waals surface area contributed by atoms with Crippen molar-refractivity contribution in [2.75, 3.05) is 13.1 Å². The Morgan fingerprint density at radius 1 is 1.40 bits per heavy atom. The van der Waals surface area contributed by atoms with Crippen LogP contribution in [0.5, 0.6) is 0 Å². The summed E-state index contributed by atoms with van der Waals surface area (Å²) in [5.41, 5.74) is 6.80. The highest BCUT2D eigenvalue weighted by Gasteiger charge is 2.31. The zero-order chi connectivity index (χ0) is 14.6. The maximum atomic E-state index is 12.5. The van der Waals surface area contributed by atoms with Gasteiger partial charge in [-0.3, -0.25) is 0 Å². The number of hydrogen-bond donors (Lipinski definition) is 1. The maximum absolute atomic E-state index is 12.5. The van der Waals surface area contributed by atoms with Gasteiger partial charge in [0.05, 0.1) is 17.4 Å². The number of nitrogens with zero attached hydrogens (tertiary/aromatic N) is 2. The van der Waals surface area contributed by atoms with Crippen molar-refractivity contribution in [3.63, 3.8) is 0 Å². The summed E-state index contributed by atoms with van der Waals surface area (Å²) in [7, 11) is -3.38. The molecule has 0 bridgehead atoms. The van der Waals surface area contributed by atoms with Gasteiger partial charge in [0, 0.05) is 19.1 Å². The van der Waals surface area contributed by atoms with Crippen molar-refractivity contribution in [3.8, 4) is 6.07 Å². The molecule has 0 aliphatic carbocycles. The Labute approximate surface area is 120 Å². The molecule has 0 spiro atoms. The highest BCUT2D eigenvalue weighted by atomic mass is 32.2. The molecule has 1 aliphatic heterocycles. The molecule has 6 heteroatoms. The van der Waals surface area contributed by atoms with Crippen LogP contribution in [0.15, 0.2) is 24.3 Å². The molecule has 2 rings (SSSR count). The monoisotopic (exact) mass is 293 g/mol. The van der Waals surface area contributed by atoms with Crippen molar-refractivity contribution in [3.05, 3.63) is 35.4 Å². The topological polar surface area (TPSA) is 87.2 Å². The largest absolute Gasteiger partial charge is 0.329 e. The molecule has 0 aromatic heterocycles. The van der Waals surface area contributed by atoms with E-state index in [0.29, 0.717) is 24.2 Å². The summed E-state index contributed by atoms with van der Waals surface area (Å²) in [4.78, 5) is 0. The number of rotatable bonds is 4. The van der Waals surface area contributed by atoms with E-state index in [9.17, 15) is 8.42 Å². The van der Waals surface area contributed by atoms with Gasteiger partial charge in [-0.05, 0) is 30.5 Å². The van der Waals surface area contributed by atoms with Gasteiger partial charge in [0.25, 0.3) is 0 Å². The highest BCUT2D eigenvalue weighted by Crippen LogP contribution is 2.22. The van der Waals surface area contributed by atoms with Gasteiger partial charge in [0.15, 0.2) is 0 Å². The molecule has 5 nitrogen and oxygen atoms in total. The van der Waals surface area contributed by atoms with E-state index in [1.807, 2.05) is 6.07 Å². The van der Waals surface area contributed by atoms with Crippen LogP contribution in [0.25, 0.3) is 0 Å². The van der Waals surface area contributed by atoms with E-state index in [0.717, 1.165) is 19.3 Å². The Kier molecular flexibility index (Phi) is 4.76. The second kappa shape index (κ2) is 6.35. The van der Waals surface area contributed by atoms with Crippen LogP contribution < -0.4 is 5.73 Å². The van der Waals surface area contributed by atoms with Crippen molar-refractivity contribution < 1.29 is 8.42 Å². The van der Waals surface area contributed by atoms with Gasteiger partial charge in [-0.1, -0.05) is 18.6 Å². The third-order valence-electron chi connectivity index (χ3n) is 3.61. The number of nitriles is 1. The first-order chi connectivity index (χ1) is 9.56. The van der Waals surface area contributed by atoms with E-state index in [1.165, 1.54) is 4.31 Å². The van der Waals surface area contributed by atoms with Crippen molar-refractivity contribution in [2.45, 2.75) is 31.1 Å². The van der Waals surface area contributed by atoms with Gasteiger partial charge in [-0.25, -0.2) is 8.42 Å². The molecule has 2 N–H and O–H groups in total. The van der Waals surface area contributed by atoms with E-state index in [1.54, 1.807) is 24.3 Å². The molecule has 0 unspecified atom stereocenters. The summed E-state index contributed by atoms with van der Waals surface area (Å²) >= 11 is 0. The standard InChI is InChI=1S/C14H19N3O2S/c15-9-12-4-3-5-13(8-12)11-20(18,19)17-7-2-1-6-14(17)10-16/h3-5,8,14H,1-2,6-7,10-11,16H2/t14-/m1/s1. The number of benzene rings is 1. The molecule has 1 atom stereocenters. The summed E-state index contributed by atoms with van der Waals surface area (Å²) in [6, 6.07) is 8.67. The SMILES string of the molecule is N#Cc1cccc(CS(=O)(=O)N2CCCC[C@@H]2CN)c1. The lowest BCUT2D eigenvalue weighted by atomic mass is 10.1. The second-order valence-electron chi connectivity index (χ2n) is 5.06. The first kappa shape index (κ1) is 15.0. The summed E-state index contributed by atoms with van der Waals surface area (Å²) in [6.07, 6.45) is 2.74. The fraction of sp³-hybridized carbons (Fsp3) is 0.500. The normalized spacial score (nSPS) is 20.5. The first-order valence-electron chi connectivity index (χ1n) is 6.75. The van der Waals surface area contributed by atoms with E-state index >= 15 is 0 Å². The summed E-state index contributed by atoms with van der Waals surface area (Å²) in [5.74, 6) is -0.0704. The van der Waals surface area contributed by atoms with Crippen molar-refractivity contribution in [1.82, 2.24) is 4.31 Å². The Bertz CT molecular complexity index is 607. The minimum absolute atomic E-state index is 0.0704. The van der Waals surface area contributed by atoms with Crippen LogP contribution >= 0.6 is 0 Å². The second-order valence-corrected chi connectivity index (χ2v) is 6.99. The molecule has 0 saturated carbocycles. The maximum Gasteiger partial charge on any atom is 0.218 e.